The molecule has 3 aromatic rings. The Hall–Kier alpha value is -2.99. The first-order valence-electron chi connectivity index (χ1n) is 8.68. The quantitative estimate of drug-likeness (QED) is 0.727. The number of aryl methyl sites for hydroxylation is 2. The van der Waals surface area contributed by atoms with E-state index in [4.69, 9.17) is 0 Å². The van der Waals surface area contributed by atoms with Crippen molar-refractivity contribution in [3.8, 4) is 0 Å². The molecule has 0 atom stereocenters. The summed E-state index contributed by atoms with van der Waals surface area (Å²) >= 11 is 0. The Kier molecular flexibility index (Phi) is 5.37. The molecule has 27 heavy (non-hydrogen) atoms. The lowest BCUT2D eigenvalue weighted by Crippen LogP contribution is -2.35. The molecule has 0 spiro atoms. The number of nitrogens with zero attached hydrogens (tertiary/aromatic N) is 1. The number of aromatic nitrogens is 1. The second kappa shape index (κ2) is 7.72. The number of nitrogens with one attached hydrogen (secondary N) is 1. The molecule has 3 rings (SSSR count). The fourth-order valence-electron chi connectivity index (χ4n) is 3.22. The maximum Gasteiger partial charge on any atom is 0.257 e. The summed E-state index contributed by atoms with van der Waals surface area (Å²) in [5.41, 5.74) is 2.77. The normalized spacial score (nSPS) is 11.0. The van der Waals surface area contributed by atoms with Crippen molar-refractivity contribution in [2.45, 2.75) is 20.4 Å². The Bertz CT molecular complexity index is 1060. The third kappa shape index (κ3) is 3.90. The predicted molar refractivity (Wildman–Crippen MR) is 102 cm³/mol. The van der Waals surface area contributed by atoms with Crippen molar-refractivity contribution in [2.75, 3.05) is 13.2 Å². The zero-order valence-electron chi connectivity index (χ0n) is 15.3. The molecule has 0 fully saturated rings. The summed E-state index contributed by atoms with van der Waals surface area (Å²) in [6.45, 7) is 3.59. The van der Waals surface area contributed by atoms with Crippen molar-refractivity contribution in [1.29, 1.82) is 0 Å². The SMILES string of the molecule is Cc1cc(C)c2cc(CN(CCO)C(=O)c3ccccc3F)c(=O)[nH]c2c1. The van der Waals surface area contributed by atoms with Crippen LogP contribution < -0.4 is 5.56 Å². The first-order valence-corrected chi connectivity index (χ1v) is 8.68. The molecular weight excluding hydrogens is 347 g/mol. The lowest BCUT2D eigenvalue weighted by atomic mass is 10.0. The van der Waals surface area contributed by atoms with E-state index in [0.717, 1.165) is 22.0 Å². The summed E-state index contributed by atoms with van der Waals surface area (Å²) in [6.07, 6.45) is 0. The first kappa shape index (κ1) is 18.8. The Balaban J connectivity index is 2.00. The van der Waals surface area contributed by atoms with Gasteiger partial charge in [0, 0.05) is 23.0 Å². The maximum atomic E-state index is 14.0. The molecule has 5 nitrogen and oxygen atoms in total. The Morgan fingerprint density at radius 1 is 1.19 bits per heavy atom. The number of fused-ring (bicyclic) bond motifs is 1. The highest BCUT2D eigenvalue weighted by Gasteiger charge is 2.20. The van der Waals surface area contributed by atoms with Gasteiger partial charge in [0.05, 0.1) is 18.7 Å². The molecule has 0 bridgehead atoms. The highest BCUT2D eigenvalue weighted by molar-refractivity contribution is 5.94. The molecule has 1 heterocycles. The van der Waals surface area contributed by atoms with Crippen molar-refractivity contribution >= 4 is 16.8 Å². The van der Waals surface area contributed by atoms with Crippen LogP contribution in [0.1, 0.15) is 27.0 Å². The van der Waals surface area contributed by atoms with Gasteiger partial charge in [0.15, 0.2) is 0 Å². The number of aliphatic hydroxyl groups is 1. The topological polar surface area (TPSA) is 73.4 Å². The molecule has 0 saturated carbocycles. The largest absolute Gasteiger partial charge is 0.395 e. The average molecular weight is 368 g/mol. The van der Waals surface area contributed by atoms with Gasteiger partial charge < -0.3 is 15.0 Å². The highest BCUT2D eigenvalue weighted by Crippen LogP contribution is 2.19. The van der Waals surface area contributed by atoms with Crippen LogP contribution in [0, 0.1) is 19.7 Å². The summed E-state index contributed by atoms with van der Waals surface area (Å²) in [7, 11) is 0. The number of rotatable bonds is 5. The second-order valence-corrected chi connectivity index (χ2v) is 6.60. The van der Waals surface area contributed by atoms with Crippen LogP contribution in [0.25, 0.3) is 10.9 Å². The molecule has 0 unspecified atom stereocenters. The molecule has 140 valence electrons. The van der Waals surface area contributed by atoms with Gasteiger partial charge in [0.25, 0.3) is 11.5 Å². The minimum atomic E-state index is -0.635. The molecule has 2 aromatic carbocycles. The van der Waals surface area contributed by atoms with E-state index in [1.807, 2.05) is 26.0 Å². The summed E-state index contributed by atoms with van der Waals surface area (Å²) in [5.74, 6) is -1.20. The van der Waals surface area contributed by atoms with Crippen LogP contribution in [0.3, 0.4) is 0 Å². The third-order valence-electron chi connectivity index (χ3n) is 4.51. The summed E-state index contributed by atoms with van der Waals surface area (Å²) < 4.78 is 14.0. The lowest BCUT2D eigenvalue weighted by Gasteiger charge is -2.22. The molecule has 2 N–H and O–H groups in total. The molecule has 0 aliphatic carbocycles. The van der Waals surface area contributed by atoms with Gasteiger partial charge in [-0.25, -0.2) is 4.39 Å². The van der Waals surface area contributed by atoms with Crippen molar-refractivity contribution in [1.82, 2.24) is 9.88 Å². The number of H-pyrrole nitrogens is 1. The molecule has 0 aliphatic heterocycles. The molecule has 0 aliphatic rings. The molecule has 0 saturated heterocycles. The molecule has 6 heteroatoms. The van der Waals surface area contributed by atoms with Gasteiger partial charge in [-0.2, -0.15) is 0 Å². The number of aromatic amines is 1. The zero-order valence-corrected chi connectivity index (χ0v) is 15.3. The standard InChI is InChI=1S/C21H21FN2O3/c1-13-9-14(2)17-11-15(20(26)23-19(17)10-13)12-24(7-8-25)21(27)16-5-3-4-6-18(16)22/h3-6,9-11,25H,7-8,12H2,1-2H3,(H,23,26). The number of hydrogen-bond donors (Lipinski definition) is 2. The number of carbonyl (C=O) groups is 1. The maximum absolute atomic E-state index is 14.0. The second-order valence-electron chi connectivity index (χ2n) is 6.60. The lowest BCUT2D eigenvalue weighted by molar-refractivity contribution is 0.0702. The first-order chi connectivity index (χ1) is 12.9. The molecule has 1 amide bonds. The van der Waals surface area contributed by atoms with Crippen LogP contribution in [-0.4, -0.2) is 34.0 Å². The Morgan fingerprint density at radius 2 is 1.93 bits per heavy atom. The molecule has 1 aromatic heterocycles. The number of hydrogen-bond acceptors (Lipinski definition) is 3. The average Bonchev–Trinajstić information content (AvgIpc) is 2.62. The van der Waals surface area contributed by atoms with Gasteiger partial charge in [-0.3, -0.25) is 9.59 Å². The van der Waals surface area contributed by atoms with E-state index in [-0.39, 0.29) is 30.8 Å². The number of benzene rings is 2. The minimum absolute atomic E-state index is 0.00246. The number of carbonyl (C=O) groups excluding carboxylic acids is 1. The van der Waals surface area contributed by atoms with Crippen LogP contribution in [0.4, 0.5) is 4.39 Å². The van der Waals surface area contributed by atoms with Gasteiger partial charge >= 0.3 is 0 Å². The summed E-state index contributed by atoms with van der Waals surface area (Å²) in [6, 6.07) is 11.3. The summed E-state index contributed by atoms with van der Waals surface area (Å²) in [5, 5.41) is 10.2. The van der Waals surface area contributed by atoms with E-state index < -0.39 is 11.7 Å². The van der Waals surface area contributed by atoms with E-state index in [9.17, 15) is 19.1 Å². The van der Waals surface area contributed by atoms with E-state index in [0.29, 0.717) is 5.56 Å². The van der Waals surface area contributed by atoms with Gasteiger partial charge in [0.1, 0.15) is 5.82 Å². The predicted octanol–water partition coefficient (Wildman–Crippen LogP) is 2.92. The van der Waals surface area contributed by atoms with Crippen LogP contribution in [-0.2, 0) is 6.54 Å². The van der Waals surface area contributed by atoms with Crippen molar-refractivity contribution in [3.05, 3.63) is 80.9 Å². The molecular formula is C21H21FN2O3. The van der Waals surface area contributed by atoms with Crippen LogP contribution >= 0.6 is 0 Å². The number of aliphatic hydroxyl groups excluding tert-OH is 1. The van der Waals surface area contributed by atoms with Gasteiger partial charge in [-0.1, -0.05) is 18.2 Å². The summed E-state index contributed by atoms with van der Waals surface area (Å²) in [4.78, 5) is 29.3. The Labute approximate surface area is 156 Å². The smallest absolute Gasteiger partial charge is 0.257 e. The number of halogens is 1. The van der Waals surface area contributed by atoms with E-state index in [2.05, 4.69) is 4.98 Å². The van der Waals surface area contributed by atoms with Gasteiger partial charge in [0.2, 0.25) is 0 Å². The fourth-order valence-corrected chi connectivity index (χ4v) is 3.22. The van der Waals surface area contributed by atoms with Gasteiger partial charge in [-0.15, -0.1) is 0 Å². The van der Waals surface area contributed by atoms with E-state index in [1.165, 1.54) is 23.1 Å². The van der Waals surface area contributed by atoms with Crippen molar-refractivity contribution < 1.29 is 14.3 Å². The fraction of sp³-hybridized carbons (Fsp3) is 0.238. The Morgan fingerprint density at radius 3 is 2.63 bits per heavy atom. The van der Waals surface area contributed by atoms with Crippen LogP contribution in [0.5, 0.6) is 0 Å². The minimum Gasteiger partial charge on any atom is -0.395 e. The van der Waals surface area contributed by atoms with E-state index in [1.54, 1.807) is 12.1 Å². The van der Waals surface area contributed by atoms with Crippen LogP contribution in [0.15, 0.2) is 47.3 Å². The third-order valence-corrected chi connectivity index (χ3v) is 4.51. The van der Waals surface area contributed by atoms with Gasteiger partial charge in [-0.05, 0) is 49.2 Å². The van der Waals surface area contributed by atoms with Crippen molar-refractivity contribution in [3.63, 3.8) is 0 Å². The van der Waals surface area contributed by atoms with E-state index >= 15 is 0 Å². The number of pyridine rings is 1. The number of amides is 1. The monoisotopic (exact) mass is 368 g/mol. The van der Waals surface area contributed by atoms with Crippen molar-refractivity contribution in [2.24, 2.45) is 0 Å². The highest BCUT2D eigenvalue weighted by atomic mass is 19.1. The van der Waals surface area contributed by atoms with Crippen LogP contribution in [0.2, 0.25) is 0 Å². The zero-order chi connectivity index (χ0) is 19.6. The molecule has 0 radical (unpaired) electrons.